The molecule has 19 heavy (non-hydrogen) atoms. The van der Waals surface area contributed by atoms with Crippen LogP contribution in [-0.2, 0) is 18.9 Å². The van der Waals surface area contributed by atoms with Crippen molar-refractivity contribution in [2.75, 3.05) is 73.6 Å². The maximum absolute atomic E-state index is 5.50. The minimum Gasteiger partial charge on any atom is -0.382 e. The molecule has 0 saturated carbocycles. The second kappa shape index (κ2) is 11.0. The van der Waals surface area contributed by atoms with Crippen LogP contribution in [0, 0.1) is 0 Å². The van der Waals surface area contributed by atoms with Crippen molar-refractivity contribution in [1.29, 1.82) is 0 Å². The summed E-state index contributed by atoms with van der Waals surface area (Å²) >= 11 is 0. The quantitative estimate of drug-likeness (QED) is 0.479. The number of ether oxygens (including phenoxy) is 4. The van der Waals surface area contributed by atoms with Gasteiger partial charge < -0.3 is 28.7 Å². The predicted octanol–water partition coefficient (Wildman–Crippen LogP) is 0.359. The van der Waals surface area contributed by atoms with Gasteiger partial charge in [-0.2, -0.15) is 0 Å². The van der Waals surface area contributed by atoms with E-state index in [0.717, 1.165) is 19.8 Å². The molecule has 6 heteroatoms. The van der Waals surface area contributed by atoms with Crippen LogP contribution in [0.2, 0.25) is 0 Å². The summed E-state index contributed by atoms with van der Waals surface area (Å²) in [4.78, 5) is 4.34. The van der Waals surface area contributed by atoms with E-state index in [1.807, 2.05) is 0 Å². The Balaban J connectivity index is 1.73. The maximum atomic E-state index is 5.50. The zero-order valence-corrected chi connectivity index (χ0v) is 12.0. The topological polar surface area (TPSA) is 43.4 Å². The van der Waals surface area contributed by atoms with Gasteiger partial charge in [0.05, 0.1) is 52.9 Å². The minimum absolute atomic E-state index is 0.604. The van der Waals surface area contributed by atoms with Crippen molar-refractivity contribution in [3.05, 3.63) is 12.4 Å². The summed E-state index contributed by atoms with van der Waals surface area (Å²) in [6, 6.07) is 0. The highest BCUT2D eigenvalue weighted by Crippen LogP contribution is 2.02. The minimum atomic E-state index is 0.604. The first-order valence-electron chi connectivity index (χ1n) is 6.67. The van der Waals surface area contributed by atoms with E-state index in [2.05, 4.69) is 29.2 Å². The van der Waals surface area contributed by atoms with Gasteiger partial charge in [-0.3, -0.25) is 0 Å². The van der Waals surface area contributed by atoms with Crippen LogP contribution in [0.25, 0.3) is 0 Å². The van der Waals surface area contributed by atoms with Crippen LogP contribution >= 0.6 is 0 Å². The standard InChI is InChI=1S/C13H26N2O4/c1-14-3-4-15(13-14)5-6-17-9-10-19-12-11-18-8-7-16-2/h3-4H,5-13H2,1-2H3. The normalized spacial score (nSPS) is 14.6. The lowest BCUT2D eigenvalue weighted by Gasteiger charge is -2.17. The highest BCUT2D eigenvalue weighted by molar-refractivity contribution is 4.88. The summed E-state index contributed by atoms with van der Waals surface area (Å²) in [5.41, 5.74) is 0. The summed E-state index contributed by atoms with van der Waals surface area (Å²) in [6.45, 7) is 6.29. The Morgan fingerprint density at radius 1 is 0.842 bits per heavy atom. The Bertz CT molecular complexity index is 239. The lowest BCUT2D eigenvalue weighted by molar-refractivity contribution is 0.00193. The maximum Gasteiger partial charge on any atom is 0.0891 e. The Morgan fingerprint density at radius 2 is 1.42 bits per heavy atom. The molecular formula is C13H26N2O4. The van der Waals surface area contributed by atoms with Gasteiger partial charge in [-0.25, -0.2) is 0 Å². The van der Waals surface area contributed by atoms with Crippen LogP contribution in [0.1, 0.15) is 0 Å². The van der Waals surface area contributed by atoms with Gasteiger partial charge in [0.1, 0.15) is 0 Å². The fraction of sp³-hybridized carbons (Fsp3) is 0.846. The van der Waals surface area contributed by atoms with Crippen LogP contribution in [0.15, 0.2) is 12.4 Å². The molecule has 1 rings (SSSR count). The van der Waals surface area contributed by atoms with Gasteiger partial charge in [-0.15, -0.1) is 0 Å². The largest absolute Gasteiger partial charge is 0.382 e. The molecule has 0 aromatic rings. The predicted molar refractivity (Wildman–Crippen MR) is 72.8 cm³/mol. The molecular weight excluding hydrogens is 248 g/mol. The zero-order chi connectivity index (χ0) is 13.8. The Kier molecular flexibility index (Phi) is 9.44. The molecule has 0 aliphatic carbocycles. The third-order valence-electron chi connectivity index (χ3n) is 2.64. The molecule has 0 radical (unpaired) electrons. The average Bonchev–Trinajstić information content (AvgIpc) is 2.82. The fourth-order valence-electron chi connectivity index (χ4n) is 1.60. The van der Waals surface area contributed by atoms with E-state index in [9.17, 15) is 0 Å². The van der Waals surface area contributed by atoms with Crippen LogP contribution < -0.4 is 0 Å². The summed E-state index contributed by atoms with van der Waals surface area (Å²) in [7, 11) is 3.72. The fourth-order valence-corrected chi connectivity index (χ4v) is 1.60. The van der Waals surface area contributed by atoms with Gasteiger partial charge in [0.2, 0.25) is 0 Å². The van der Waals surface area contributed by atoms with Gasteiger partial charge in [-0.1, -0.05) is 0 Å². The molecule has 1 aliphatic heterocycles. The first kappa shape index (κ1) is 16.2. The zero-order valence-electron chi connectivity index (χ0n) is 12.0. The van der Waals surface area contributed by atoms with Crippen molar-refractivity contribution in [2.45, 2.75) is 0 Å². The number of hydrogen-bond acceptors (Lipinski definition) is 6. The molecule has 0 amide bonds. The molecule has 0 spiro atoms. The van der Waals surface area contributed by atoms with E-state index < -0.39 is 0 Å². The van der Waals surface area contributed by atoms with Gasteiger partial charge in [0.25, 0.3) is 0 Å². The van der Waals surface area contributed by atoms with Crippen LogP contribution in [0.5, 0.6) is 0 Å². The van der Waals surface area contributed by atoms with Gasteiger partial charge >= 0.3 is 0 Å². The molecule has 0 N–H and O–H groups in total. The molecule has 1 heterocycles. The summed E-state index contributed by atoms with van der Waals surface area (Å²) in [6.07, 6.45) is 4.14. The van der Waals surface area contributed by atoms with Crippen LogP contribution in [0.3, 0.4) is 0 Å². The first-order valence-corrected chi connectivity index (χ1v) is 6.67. The molecule has 112 valence electrons. The van der Waals surface area contributed by atoms with Crippen LogP contribution in [0.4, 0.5) is 0 Å². The highest BCUT2D eigenvalue weighted by atomic mass is 16.6. The summed E-state index contributed by atoms with van der Waals surface area (Å²) in [5, 5.41) is 0. The third-order valence-corrected chi connectivity index (χ3v) is 2.64. The lowest BCUT2D eigenvalue weighted by Crippen LogP contribution is -2.26. The van der Waals surface area contributed by atoms with Crippen molar-refractivity contribution in [3.8, 4) is 0 Å². The Morgan fingerprint density at radius 3 is 1.95 bits per heavy atom. The molecule has 1 aliphatic rings. The van der Waals surface area contributed by atoms with E-state index >= 15 is 0 Å². The average molecular weight is 274 g/mol. The number of methoxy groups -OCH3 is 1. The van der Waals surface area contributed by atoms with Gasteiger partial charge in [0.15, 0.2) is 0 Å². The van der Waals surface area contributed by atoms with Gasteiger partial charge in [-0.05, 0) is 0 Å². The van der Waals surface area contributed by atoms with E-state index in [-0.39, 0.29) is 0 Å². The smallest absolute Gasteiger partial charge is 0.0891 e. The lowest BCUT2D eigenvalue weighted by atomic mass is 10.6. The molecule has 0 aromatic carbocycles. The van der Waals surface area contributed by atoms with E-state index in [0.29, 0.717) is 39.6 Å². The van der Waals surface area contributed by atoms with E-state index in [1.165, 1.54) is 0 Å². The van der Waals surface area contributed by atoms with E-state index in [1.54, 1.807) is 7.11 Å². The molecule has 0 saturated heterocycles. The van der Waals surface area contributed by atoms with Crippen molar-refractivity contribution in [3.63, 3.8) is 0 Å². The molecule has 0 atom stereocenters. The monoisotopic (exact) mass is 274 g/mol. The Hall–Kier alpha value is -0.820. The molecule has 6 nitrogen and oxygen atoms in total. The summed E-state index contributed by atoms with van der Waals surface area (Å²) in [5.74, 6) is 0. The van der Waals surface area contributed by atoms with E-state index in [4.69, 9.17) is 18.9 Å². The first-order chi connectivity index (χ1) is 9.33. The van der Waals surface area contributed by atoms with Crippen molar-refractivity contribution >= 4 is 0 Å². The molecule has 0 fully saturated rings. The SMILES string of the molecule is COCCOCCOCCOCCN1C=CN(C)C1. The third kappa shape index (κ3) is 8.83. The van der Waals surface area contributed by atoms with Crippen molar-refractivity contribution < 1.29 is 18.9 Å². The number of rotatable bonds is 12. The highest BCUT2D eigenvalue weighted by Gasteiger charge is 2.06. The van der Waals surface area contributed by atoms with Gasteiger partial charge in [0, 0.05) is 33.1 Å². The number of nitrogens with zero attached hydrogens (tertiary/aromatic N) is 2. The molecule has 0 bridgehead atoms. The van der Waals surface area contributed by atoms with Crippen molar-refractivity contribution in [1.82, 2.24) is 9.80 Å². The molecule has 0 aromatic heterocycles. The second-order valence-electron chi connectivity index (χ2n) is 4.34. The van der Waals surface area contributed by atoms with Crippen molar-refractivity contribution in [2.24, 2.45) is 0 Å². The number of hydrogen-bond donors (Lipinski definition) is 0. The van der Waals surface area contributed by atoms with Crippen LogP contribution in [-0.4, -0.2) is 83.4 Å². The second-order valence-corrected chi connectivity index (χ2v) is 4.34. The molecule has 0 unspecified atom stereocenters. The Labute approximate surface area is 115 Å². The summed E-state index contributed by atoms with van der Waals surface area (Å²) < 4.78 is 21.0.